The number of aryl methyl sites for hydroxylation is 2. The van der Waals surface area contributed by atoms with Crippen molar-refractivity contribution in [3.8, 4) is 5.75 Å². The average Bonchev–Trinajstić information content (AvgIpc) is 2.60. The minimum Gasteiger partial charge on any atom is -0.490 e. The quantitative estimate of drug-likeness (QED) is 0.680. The van der Waals surface area contributed by atoms with Crippen molar-refractivity contribution in [1.82, 2.24) is 9.47 Å². The normalized spacial score (nSPS) is 15.7. The van der Waals surface area contributed by atoms with Crippen LogP contribution >= 0.6 is 15.9 Å². The predicted molar refractivity (Wildman–Crippen MR) is 113 cm³/mol. The molecule has 1 fully saturated rings. The lowest BCUT2D eigenvalue weighted by Gasteiger charge is -2.33. The fourth-order valence-corrected chi connectivity index (χ4v) is 3.94. The van der Waals surface area contributed by atoms with Gasteiger partial charge in [0.2, 0.25) is 0 Å². The highest BCUT2D eigenvalue weighted by Gasteiger charge is 2.27. The van der Waals surface area contributed by atoms with Gasteiger partial charge in [0.05, 0.1) is 5.52 Å². The van der Waals surface area contributed by atoms with Crippen LogP contribution in [-0.2, 0) is 11.8 Å². The average molecular weight is 451 g/mol. The number of amides is 1. The molecule has 2 heterocycles. The van der Waals surface area contributed by atoms with Gasteiger partial charge in [-0.1, -0.05) is 0 Å². The van der Waals surface area contributed by atoms with Gasteiger partial charge in [0.25, 0.3) is 5.56 Å². The zero-order chi connectivity index (χ0) is 20.6. The first kappa shape index (κ1) is 20.7. The standard InChI is InChI=1S/C21H27BrN2O4/c1-13-10-16-17(22)11-15(12-18(16)23(5)19(13)25)27-14-6-8-24(9-7-14)20(26)28-21(2,3)4/h10-12,14H,6-9H2,1-5H3. The summed E-state index contributed by atoms with van der Waals surface area (Å²) in [7, 11) is 1.77. The van der Waals surface area contributed by atoms with E-state index in [0.29, 0.717) is 24.4 Å². The van der Waals surface area contributed by atoms with Gasteiger partial charge in [0.15, 0.2) is 0 Å². The maximum Gasteiger partial charge on any atom is 0.410 e. The number of carbonyl (C=O) groups is 1. The summed E-state index contributed by atoms with van der Waals surface area (Å²) in [6.45, 7) is 8.63. The van der Waals surface area contributed by atoms with Crippen LogP contribution in [0.25, 0.3) is 10.9 Å². The molecule has 0 radical (unpaired) electrons. The topological polar surface area (TPSA) is 60.8 Å². The Morgan fingerprint density at radius 3 is 2.43 bits per heavy atom. The van der Waals surface area contributed by atoms with E-state index in [0.717, 1.165) is 28.2 Å². The summed E-state index contributed by atoms with van der Waals surface area (Å²) in [6.07, 6.45) is 1.22. The van der Waals surface area contributed by atoms with Gasteiger partial charge in [-0.05, 0) is 55.8 Å². The predicted octanol–water partition coefficient (Wildman–Crippen LogP) is 4.39. The fourth-order valence-electron chi connectivity index (χ4n) is 3.39. The Morgan fingerprint density at radius 1 is 1.18 bits per heavy atom. The molecule has 7 heteroatoms. The molecule has 6 nitrogen and oxygen atoms in total. The molecule has 3 rings (SSSR count). The summed E-state index contributed by atoms with van der Waals surface area (Å²) >= 11 is 3.60. The van der Waals surface area contributed by atoms with Gasteiger partial charge in [-0.2, -0.15) is 0 Å². The first-order valence-corrected chi connectivity index (χ1v) is 10.3. The number of ether oxygens (including phenoxy) is 2. The zero-order valence-electron chi connectivity index (χ0n) is 17.0. The van der Waals surface area contributed by atoms with Crippen molar-refractivity contribution < 1.29 is 14.3 Å². The molecule has 0 saturated carbocycles. The minimum atomic E-state index is -0.490. The van der Waals surface area contributed by atoms with Gasteiger partial charge >= 0.3 is 6.09 Å². The first-order chi connectivity index (χ1) is 13.0. The highest BCUT2D eigenvalue weighted by Crippen LogP contribution is 2.30. The van der Waals surface area contributed by atoms with E-state index >= 15 is 0 Å². The second-order valence-electron chi connectivity index (χ2n) is 8.31. The van der Waals surface area contributed by atoms with Gasteiger partial charge < -0.3 is 18.9 Å². The third-order valence-corrected chi connectivity index (χ3v) is 5.50. The lowest BCUT2D eigenvalue weighted by molar-refractivity contribution is 0.0126. The van der Waals surface area contributed by atoms with E-state index in [9.17, 15) is 9.59 Å². The second-order valence-corrected chi connectivity index (χ2v) is 9.17. The summed E-state index contributed by atoms with van der Waals surface area (Å²) < 4.78 is 14.2. The second kappa shape index (κ2) is 7.78. The number of rotatable bonds is 2. The molecule has 1 aromatic heterocycles. The van der Waals surface area contributed by atoms with Crippen LogP contribution < -0.4 is 10.3 Å². The number of fused-ring (bicyclic) bond motifs is 1. The molecular formula is C21H27BrN2O4. The summed E-state index contributed by atoms with van der Waals surface area (Å²) in [5.41, 5.74) is 1.03. The fraction of sp³-hybridized carbons (Fsp3) is 0.524. The molecular weight excluding hydrogens is 424 g/mol. The highest BCUT2D eigenvalue weighted by atomic mass is 79.9. The van der Waals surface area contributed by atoms with Crippen molar-refractivity contribution in [2.45, 2.75) is 52.2 Å². The molecule has 2 aromatic rings. The lowest BCUT2D eigenvalue weighted by Crippen LogP contribution is -2.44. The van der Waals surface area contributed by atoms with Crippen molar-refractivity contribution in [2.75, 3.05) is 13.1 Å². The number of likely N-dealkylation sites (tertiary alicyclic amines) is 1. The third kappa shape index (κ3) is 4.51. The molecule has 28 heavy (non-hydrogen) atoms. The molecule has 0 bridgehead atoms. The number of halogens is 1. The lowest BCUT2D eigenvalue weighted by atomic mass is 10.1. The van der Waals surface area contributed by atoms with Crippen LogP contribution in [0.4, 0.5) is 4.79 Å². The molecule has 1 aromatic carbocycles. The smallest absolute Gasteiger partial charge is 0.410 e. The maximum atomic E-state index is 12.3. The molecule has 1 saturated heterocycles. The number of nitrogens with zero attached hydrogens (tertiary/aromatic N) is 2. The molecule has 152 valence electrons. The summed E-state index contributed by atoms with van der Waals surface area (Å²) in [6, 6.07) is 5.73. The molecule has 1 aliphatic rings. The largest absolute Gasteiger partial charge is 0.490 e. The van der Waals surface area contributed by atoms with E-state index in [1.54, 1.807) is 16.5 Å². The van der Waals surface area contributed by atoms with Crippen LogP contribution in [0.2, 0.25) is 0 Å². The van der Waals surface area contributed by atoms with E-state index in [1.807, 2.05) is 45.9 Å². The Labute approximate surface area is 173 Å². The summed E-state index contributed by atoms with van der Waals surface area (Å²) in [5, 5.41) is 0.978. The molecule has 1 amide bonds. The number of hydrogen-bond donors (Lipinski definition) is 0. The van der Waals surface area contributed by atoms with E-state index in [1.165, 1.54) is 0 Å². The van der Waals surface area contributed by atoms with E-state index < -0.39 is 5.60 Å². The Morgan fingerprint density at radius 2 is 1.82 bits per heavy atom. The highest BCUT2D eigenvalue weighted by molar-refractivity contribution is 9.10. The van der Waals surface area contributed by atoms with Crippen molar-refractivity contribution in [3.63, 3.8) is 0 Å². The van der Waals surface area contributed by atoms with E-state index in [-0.39, 0.29) is 17.8 Å². The van der Waals surface area contributed by atoms with E-state index in [2.05, 4.69) is 15.9 Å². The Kier molecular flexibility index (Phi) is 5.75. The number of piperidine rings is 1. The number of hydrogen-bond acceptors (Lipinski definition) is 4. The summed E-state index contributed by atoms with van der Waals surface area (Å²) in [5.74, 6) is 0.717. The zero-order valence-corrected chi connectivity index (χ0v) is 18.6. The molecule has 0 aliphatic carbocycles. The number of pyridine rings is 1. The Balaban J connectivity index is 1.71. The van der Waals surface area contributed by atoms with Crippen LogP contribution in [0.5, 0.6) is 5.75 Å². The van der Waals surface area contributed by atoms with Crippen molar-refractivity contribution >= 4 is 32.9 Å². The molecule has 0 N–H and O–H groups in total. The van der Waals surface area contributed by atoms with Gasteiger partial charge in [0, 0.05) is 54.5 Å². The Hall–Kier alpha value is -2.02. The van der Waals surface area contributed by atoms with Crippen molar-refractivity contribution in [2.24, 2.45) is 7.05 Å². The summed E-state index contributed by atoms with van der Waals surface area (Å²) in [4.78, 5) is 26.2. The van der Waals surface area contributed by atoms with Crippen LogP contribution in [0, 0.1) is 6.92 Å². The monoisotopic (exact) mass is 450 g/mol. The van der Waals surface area contributed by atoms with Gasteiger partial charge in [0.1, 0.15) is 17.5 Å². The van der Waals surface area contributed by atoms with Crippen LogP contribution in [0.3, 0.4) is 0 Å². The maximum absolute atomic E-state index is 12.3. The molecule has 1 aliphatic heterocycles. The van der Waals surface area contributed by atoms with Gasteiger partial charge in [-0.3, -0.25) is 4.79 Å². The Bertz CT molecular complexity index is 954. The van der Waals surface area contributed by atoms with Crippen molar-refractivity contribution in [3.05, 3.63) is 38.6 Å². The third-order valence-electron chi connectivity index (χ3n) is 4.84. The van der Waals surface area contributed by atoms with Crippen LogP contribution in [-0.4, -0.2) is 40.4 Å². The van der Waals surface area contributed by atoms with Gasteiger partial charge in [-0.15, -0.1) is 0 Å². The minimum absolute atomic E-state index is 0.0118. The number of aromatic nitrogens is 1. The van der Waals surface area contributed by atoms with E-state index in [4.69, 9.17) is 9.47 Å². The molecule has 0 spiro atoms. The van der Waals surface area contributed by atoms with Crippen LogP contribution in [0.1, 0.15) is 39.2 Å². The SMILES string of the molecule is Cc1cc2c(Br)cc(OC3CCN(C(=O)OC(C)(C)C)CC3)cc2n(C)c1=O. The van der Waals surface area contributed by atoms with Crippen molar-refractivity contribution in [1.29, 1.82) is 0 Å². The first-order valence-electron chi connectivity index (χ1n) is 9.49. The molecule has 0 atom stereocenters. The molecule has 0 unspecified atom stereocenters. The van der Waals surface area contributed by atoms with Crippen LogP contribution in [0.15, 0.2) is 27.5 Å². The van der Waals surface area contributed by atoms with Gasteiger partial charge in [-0.25, -0.2) is 4.79 Å². The number of carbonyl (C=O) groups excluding carboxylic acids is 1. The number of benzene rings is 1.